The van der Waals surface area contributed by atoms with Crippen molar-refractivity contribution in [2.45, 2.75) is 26.3 Å². The number of methoxy groups -OCH3 is 2. The number of aryl methyl sites for hydroxylation is 1. The van der Waals surface area contributed by atoms with Gasteiger partial charge in [0, 0.05) is 11.6 Å². The van der Waals surface area contributed by atoms with E-state index in [4.69, 9.17) is 13.9 Å². The summed E-state index contributed by atoms with van der Waals surface area (Å²) in [5.41, 5.74) is 1.04. The molecule has 0 bridgehead atoms. The predicted molar refractivity (Wildman–Crippen MR) is 83.1 cm³/mol. The summed E-state index contributed by atoms with van der Waals surface area (Å²) in [4.78, 5) is 0. The molecule has 1 aromatic carbocycles. The summed E-state index contributed by atoms with van der Waals surface area (Å²) in [7, 11) is 3.32. The fourth-order valence-corrected chi connectivity index (χ4v) is 2.32. The van der Waals surface area contributed by atoms with E-state index in [0.29, 0.717) is 0 Å². The van der Waals surface area contributed by atoms with Crippen molar-refractivity contribution in [2.75, 3.05) is 20.8 Å². The Morgan fingerprint density at radius 3 is 2.52 bits per heavy atom. The van der Waals surface area contributed by atoms with E-state index < -0.39 is 0 Å². The normalized spacial score (nSPS) is 12.2. The molecule has 1 aromatic heterocycles. The van der Waals surface area contributed by atoms with Gasteiger partial charge in [-0.05, 0) is 44.2 Å². The van der Waals surface area contributed by atoms with Crippen LogP contribution in [0, 0.1) is 6.92 Å². The van der Waals surface area contributed by atoms with Gasteiger partial charge in [0.05, 0.1) is 20.3 Å². The van der Waals surface area contributed by atoms with Gasteiger partial charge in [0.25, 0.3) is 0 Å². The third-order valence-corrected chi connectivity index (χ3v) is 3.40. The molecule has 4 heteroatoms. The van der Waals surface area contributed by atoms with Gasteiger partial charge in [0.1, 0.15) is 23.0 Å². The topological polar surface area (TPSA) is 43.6 Å². The Kier molecular flexibility index (Phi) is 5.28. The average molecular weight is 289 g/mol. The maximum atomic E-state index is 5.80. The summed E-state index contributed by atoms with van der Waals surface area (Å²) >= 11 is 0. The van der Waals surface area contributed by atoms with E-state index in [1.807, 2.05) is 37.3 Å². The van der Waals surface area contributed by atoms with Gasteiger partial charge in [0.2, 0.25) is 0 Å². The van der Waals surface area contributed by atoms with Crippen molar-refractivity contribution in [3.05, 3.63) is 47.4 Å². The number of hydrogen-bond donors (Lipinski definition) is 1. The smallest absolute Gasteiger partial charge is 0.127 e. The minimum Gasteiger partial charge on any atom is -0.497 e. The molecule has 0 saturated carbocycles. The second-order valence-corrected chi connectivity index (χ2v) is 4.94. The number of furan rings is 1. The van der Waals surface area contributed by atoms with Crippen LogP contribution in [0.2, 0.25) is 0 Å². The van der Waals surface area contributed by atoms with E-state index in [1.54, 1.807) is 14.2 Å². The SMILES string of the molecule is CCCNC(c1ccc(C)o1)c1ccc(OC)cc1OC. The highest BCUT2D eigenvalue weighted by Gasteiger charge is 2.21. The van der Waals surface area contributed by atoms with Crippen LogP contribution in [0.25, 0.3) is 0 Å². The minimum atomic E-state index is -0.0282. The van der Waals surface area contributed by atoms with Crippen LogP contribution in [-0.2, 0) is 0 Å². The largest absolute Gasteiger partial charge is 0.497 e. The van der Waals surface area contributed by atoms with Crippen LogP contribution in [-0.4, -0.2) is 20.8 Å². The molecule has 0 aliphatic carbocycles. The molecule has 21 heavy (non-hydrogen) atoms. The summed E-state index contributed by atoms with van der Waals surface area (Å²) in [5, 5.41) is 3.51. The van der Waals surface area contributed by atoms with Crippen molar-refractivity contribution in [3.63, 3.8) is 0 Å². The second-order valence-electron chi connectivity index (χ2n) is 4.94. The Balaban J connectivity index is 2.40. The number of rotatable bonds is 7. The maximum Gasteiger partial charge on any atom is 0.127 e. The molecule has 0 saturated heterocycles. The highest BCUT2D eigenvalue weighted by molar-refractivity contribution is 5.45. The summed E-state index contributed by atoms with van der Waals surface area (Å²) in [6, 6.07) is 9.81. The van der Waals surface area contributed by atoms with Crippen molar-refractivity contribution in [1.82, 2.24) is 5.32 Å². The molecule has 1 atom stereocenters. The van der Waals surface area contributed by atoms with E-state index in [-0.39, 0.29) is 6.04 Å². The Labute approximate surface area is 126 Å². The lowest BCUT2D eigenvalue weighted by molar-refractivity contribution is 0.378. The zero-order chi connectivity index (χ0) is 15.2. The zero-order valence-electron chi connectivity index (χ0n) is 13.1. The molecular weight excluding hydrogens is 266 g/mol. The fraction of sp³-hybridized carbons (Fsp3) is 0.412. The Morgan fingerprint density at radius 2 is 1.95 bits per heavy atom. The quantitative estimate of drug-likeness (QED) is 0.844. The van der Waals surface area contributed by atoms with Crippen LogP contribution in [0.3, 0.4) is 0 Å². The molecule has 4 nitrogen and oxygen atoms in total. The lowest BCUT2D eigenvalue weighted by Gasteiger charge is -2.20. The molecule has 1 unspecified atom stereocenters. The third-order valence-electron chi connectivity index (χ3n) is 3.40. The first kappa shape index (κ1) is 15.4. The minimum absolute atomic E-state index is 0.0282. The molecule has 0 spiro atoms. The zero-order valence-corrected chi connectivity index (χ0v) is 13.1. The summed E-state index contributed by atoms with van der Waals surface area (Å²) in [6.45, 7) is 4.99. The first-order chi connectivity index (χ1) is 10.2. The lowest BCUT2D eigenvalue weighted by atomic mass is 10.0. The first-order valence-corrected chi connectivity index (χ1v) is 7.21. The number of nitrogens with one attached hydrogen (secondary N) is 1. The number of hydrogen-bond acceptors (Lipinski definition) is 4. The standard InChI is InChI=1S/C17H23NO3/c1-5-10-18-17(15-9-6-12(2)21-15)14-8-7-13(19-3)11-16(14)20-4/h6-9,11,17-18H,5,10H2,1-4H3. The van der Waals surface area contributed by atoms with Crippen molar-refractivity contribution in [2.24, 2.45) is 0 Å². The van der Waals surface area contributed by atoms with E-state index in [1.165, 1.54) is 0 Å². The van der Waals surface area contributed by atoms with Crippen molar-refractivity contribution in [3.8, 4) is 11.5 Å². The highest BCUT2D eigenvalue weighted by Crippen LogP contribution is 2.33. The maximum absolute atomic E-state index is 5.80. The van der Waals surface area contributed by atoms with Crippen LogP contribution in [0.15, 0.2) is 34.7 Å². The summed E-state index contributed by atoms with van der Waals surface area (Å²) in [5.74, 6) is 3.36. The fourth-order valence-electron chi connectivity index (χ4n) is 2.32. The van der Waals surface area contributed by atoms with E-state index in [9.17, 15) is 0 Å². The molecular formula is C17H23NO3. The van der Waals surface area contributed by atoms with E-state index in [2.05, 4.69) is 12.2 Å². The van der Waals surface area contributed by atoms with Gasteiger partial charge in [0.15, 0.2) is 0 Å². The van der Waals surface area contributed by atoms with Crippen LogP contribution < -0.4 is 14.8 Å². The predicted octanol–water partition coefficient (Wildman–Crippen LogP) is 3.69. The van der Waals surface area contributed by atoms with Gasteiger partial charge in [-0.1, -0.05) is 6.92 Å². The van der Waals surface area contributed by atoms with Gasteiger partial charge < -0.3 is 19.2 Å². The average Bonchev–Trinajstić information content (AvgIpc) is 2.94. The second kappa shape index (κ2) is 7.18. The molecule has 0 radical (unpaired) electrons. The monoisotopic (exact) mass is 289 g/mol. The highest BCUT2D eigenvalue weighted by atomic mass is 16.5. The van der Waals surface area contributed by atoms with Crippen LogP contribution in [0.5, 0.6) is 11.5 Å². The van der Waals surface area contributed by atoms with Crippen LogP contribution >= 0.6 is 0 Å². The van der Waals surface area contributed by atoms with Crippen molar-refractivity contribution in [1.29, 1.82) is 0 Å². The number of ether oxygens (including phenoxy) is 2. The molecule has 1 N–H and O–H groups in total. The Hall–Kier alpha value is -1.94. The van der Waals surface area contributed by atoms with Crippen molar-refractivity contribution >= 4 is 0 Å². The number of benzene rings is 1. The third kappa shape index (κ3) is 3.58. The summed E-state index contributed by atoms with van der Waals surface area (Å²) < 4.78 is 16.6. The molecule has 0 aliphatic rings. The van der Waals surface area contributed by atoms with E-state index in [0.717, 1.165) is 41.5 Å². The van der Waals surface area contributed by atoms with Crippen LogP contribution in [0.1, 0.15) is 36.5 Å². The van der Waals surface area contributed by atoms with Gasteiger partial charge >= 0.3 is 0 Å². The first-order valence-electron chi connectivity index (χ1n) is 7.21. The lowest BCUT2D eigenvalue weighted by Crippen LogP contribution is -2.23. The molecule has 114 valence electrons. The molecule has 0 amide bonds. The van der Waals surface area contributed by atoms with Gasteiger partial charge in [-0.25, -0.2) is 0 Å². The van der Waals surface area contributed by atoms with Gasteiger partial charge in [-0.15, -0.1) is 0 Å². The Bertz CT molecular complexity index is 577. The molecule has 1 heterocycles. The van der Waals surface area contributed by atoms with Gasteiger partial charge in [-0.3, -0.25) is 0 Å². The van der Waals surface area contributed by atoms with Crippen molar-refractivity contribution < 1.29 is 13.9 Å². The molecule has 0 aliphatic heterocycles. The Morgan fingerprint density at radius 1 is 1.14 bits per heavy atom. The van der Waals surface area contributed by atoms with Crippen LogP contribution in [0.4, 0.5) is 0 Å². The van der Waals surface area contributed by atoms with E-state index >= 15 is 0 Å². The molecule has 2 aromatic rings. The molecule has 2 rings (SSSR count). The van der Waals surface area contributed by atoms with Gasteiger partial charge in [-0.2, -0.15) is 0 Å². The summed E-state index contributed by atoms with van der Waals surface area (Å²) in [6.07, 6.45) is 1.05. The molecule has 0 fully saturated rings.